The van der Waals surface area contributed by atoms with Gasteiger partial charge >= 0.3 is 0 Å². The zero-order valence-corrected chi connectivity index (χ0v) is 32.3. The maximum Gasteiger partial charge on any atom is 0.213 e. The van der Waals surface area contributed by atoms with Gasteiger partial charge in [-0.2, -0.15) is 0 Å². The lowest BCUT2D eigenvalue weighted by Crippen LogP contribution is -2.87. The minimum atomic E-state index is -2.22. The van der Waals surface area contributed by atoms with Crippen molar-refractivity contribution >= 4 is 23.1 Å². The molecular formula is C43H52O12. The molecule has 0 amide bonds. The van der Waals surface area contributed by atoms with Crippen LogP contribution >= 0.6 is 0 Å². The van der Waals surface area contributed by atoms with Crippen LogP contribution < -0.4 is 0 Å². The van der Waals surface area contributed by atoms with Gasteiger partial charge in [0.1, 0.15) is 23.0 Å². The van der Waals surface area contributed by atoms with Crippen molar-refractivity contribution < 1.29 is 58.6 Å². The van der Waals surface area contributed by atoms with Crippen LogP contribution in [0.25, 0.3) is 0 Å². The standard InChI is InChI=1S/C23H28O6.C20H24O6/c1-11-12-6-7-13-21-9-8-14(24)19(2,3)15(21)17(26)23(27-10-21)22(13,16(11)25)18(12)28-20(4,5)29-23;1-9-10-4-5-11-18-7-6-12(21)17(2,3)13(18)16(24)20(25,26-8-18)19(11,14(9)22)15(10)23/h8-9,12-13,15,17-18,26H,1,6-7,10H2,2-5H3;6-7,10-11,13,15-16,23-25H,1,4-5,8H2,2-3H3/t12-,13-,15+,17-,18+,21+,22-,23+;10-,11-,13+,15+,16-,18+,19-,20-/m00/s1. The number of Topliss-reactive ketones (excluding diaryl/α,β-unsaturated/α-hetero) is 2. The normalized spacial score (nSPS) is 56.0. The second-order valence-electron chi connectivity index (χ2n) is 20.3. The van der Waals surface area contributed by atoms with E-state index in [-0.39, 0.29) is 35.8 Å². The fraction of sp³-hybridized carbons (Fsp3) is 0.721. The molecule has 8 aliphatic carbocycles. The minimum Gasteiger partial charge on any atom is -0.391 e. The molecule has 0 aromatic rings. The van der Waals surface area contributed by atoms with Gasteiger partial charge in [-0.1, -0.05) is 53.0 Å². The fourth-order valence-electron chi connectivity index (χ4n) is 15.4. The molecule has 16 atom stereocenters. The quantitative estimate of drug-likeness (QED) is 0.265. The van der Waals surface area contributed by atoms with E-state index in [0.29, 0.717) is 30.6 Å². The van der Waals surface area contributed by atoms with E-state index in [1.54, 1.807) is 39.8 Å². The lowest BCUT2D eigenvalue weighted by Gasteiger charge is -2.75. The van der Waals surface area contributed by atoms with Gasteiger partial charge in [-0.25, -0.2) is 0 Å². The molecule has 13 rings (SSSR count). The molecule has 6 saturated carbocycles. The summed E-state index contributed by atoms with van der Waals surface area (Å²) in [4.78, 5) is 52.5. The van der Waals surface area contributed by atoms with Gasteiger partial charge in [0.15, 0.2) is 28.9 Å². The second kappa shape index (κ2) is 10.1. The summed E-state index contributed by atoms with van der Waals surface area (Å²) in [5.41, 5.74) is -4.98. The Hall–Kier alpha value is -2.68. The van der Waals surface area contributed by atoms with E-state index in [2.05, 4.69) is 13.2 Å². The topological polar surface area (TPSA) is 186 Å². The van der Waals surface area contributed by atoms with Gasteiger partial charge in [0.05, 0.1) is 25.4 Å². The summed E-state index contributed by atoms with van der Waals surface area (Å²) < 4.78 is 25.0. The van der Waals surface area contributed by atoms with Crippen LogP contribution in [0.5, 0.6) is 0 Å². The molecule has 12 heteroatoms. The van der Waals surface area contributed by atoms with E-state index < -0.39 is 104 Å². The number of fused-ring (bicyclic) bond motifs is 3. The smallest absolute Gasteiger partial charge is 0.213 e. The number of hydrogen-bond donors (Lipinski definition) is 4. The van der Waals surface area contributed by atoms with Gasteiger partial charge in [0.2, 0.25) is 11.6 Å². The van der Waals surface area contributed by atoms with Gasteiger partial charge in [0.25, 0.3) is 0 Å². The van der Waals surface area contributed by atoms with Gasteiger partial charge in [-0.15, -0.1) is 0 Å². The Kier molecular flexibility index (Phi) is 6.74. The predicted molar refractivity (Wildman–Crippen MR) is 191 cm³/mol. The lowest BCUT2D eigenvalue weighted by atomic mass is 9.37. The molecule has 4 N–H and O–H groups in total. The SMILES string of the molecule is C=C1C(=O)[C@@]23[C@@H]4OC(C)(C)O[C@@]25OC[C@]2(C=CC(=O)C(C)(C)[C@H]2[C@@H]5O)[C@@H]3CC[C@@H]14.C=C1C(=O)[C@]23[C@H](O)[C@H]1CC[C@H]2[C@]12C=CC(=O)C(C)(C)[C@H]1[C@H](O)[C@]3(O)OC2. The van der Waals surface area contributed by atoms with Crippen LogP contribution in [0.3, 0.4) is 0 Å². The van der Waals surface area contributed by atoms with E-state index in [1.165, 1.54) is 6.08 Å². The average Bonchev–Trinajstić information content (AvgIpc) is 3.29. The van der Waals surface area contributed by atoms with Crippen LogP contribution in [-0.2, 0) is 38.1 Å². The van der Waals surface area contributed by atoms with Crippen LogP contribution in [0, 0.1) is 68.0 Å². The van der Waals surface area contributed by atoms with Crippen molar-refractivity contribution in [2.24, 2.45) is 68.0 Å². The summed E-state index contributed by atoms with van der Waals surface area (Å²) in [6, 6.07) is 0. The molecule has 296 valence electrons. The number of aliphatic hydroxyl groups excluding tert-OH is 3. The number of allylic oxidation sites excluding steroid dienone is 2. The molecule has 13 aliphatic rings. The highest BCUT2D eigenvalue weighted by Gasteiger charge is 2.89. The largest absolute Gasteiger partial charge is 0.391 e. The molecule has 0 aromatic carbocycles. The number of carbonyl (C=O) groups is 4. The van der Waals surface area contributed by atoms with Gasteiger partial charge in [-0.05, 0) is 74.7 Å². The number of carbonyl (C=O) groups excluding carboxylic acids is 4. The number of ketones is 4. The average molecular weight is 761 g/mol. The number of ether oxygens (including phenoxy) is 4. The van der Waals surface area contributed by atoms with Crippen LogP contribution in [0.2, 0.25) is 0 Å². The Morgan fingerprint density at radius 2 is 1.15 bits per heavy atom. The molecule has 5 heterocycles. The molecule has 8 bridgehead atoms. The zero-order valence-electron chi connectivity index (χ0n) is 32.3. The molecule has 5 spiro atoms. The Bertz CT molecular complexity index is 1990. The van der Waals surface area contributed by atoms with E-state index in [0.717, 1.165) is 12.8 Å². The molecule has 11 fully saturated rings. The first-order chi connectivity index (χ1) is 25.5. The van der Waals surface area contributed by atoms with Crippen molar-refractivity contribution in [2.75, 3.05) is 13.2 Å². The van der Waals surface area contributed by atoms with Crippen molar-refractivity contribution in [3.05, 3.63) is 48.6 Å². The first-order valence-electron chi connectivity index (χ1n) is 19.9. The third kappa shape index (κ3) is 3.45. The van der Waals surface area contributed by atoms with Crippen molar-refractivity contribution in [2.45, 2.75) is 109 Å². The summed E-state index contributed by atoms with van der Waals surface area (Å²) in [6.07, 6.45) is 5.47. The van der Waals surface area contributed by atoms with E-state index in [1.807, 2.05) is 19.9 Å². The summed E-state index contributed by atoms with van der Waals surface area (Å²) in [5.74, 6) is -7.46. The Labute approximate surface area is 320 Å². The van der Waals surface area contributed by atoms with E-state index in [9.17, 15) is 39.6 Å². The van der Waals surface area contributed by atoms with Crippen molar-refractivity contribution in [1.82, 2.24) is 0 Å². The Morgan fingerprint density at radius 1 is 0.655 bits per heavy atom. The predicted octanol–water partition coefficient (Wildman–Crippen LogP) is 2.52. The fourth-order valence-corrected chi connectivity index (χ4v) is 15.4. The molecule has 55 heavy (non-hydrogen) atoms. The van der Waals surface area contributed by atoms with Crippen molar-refractivity contribution in [1.29, 1.82) is 0 Å². The van der Waals surface area contributed by atoms with Crippen LogP contribution in [0.15, 0.2) is 48.6 Å². The molecule has 0 aromatic heterocycles. The molecule has 12 nitrogen and oxygen atoms in total. The molecule has 0 radical (unpaired) electrons. The third-order valence-electron chi connectivity index (χ3n) is 17.4. The van der Waals surface area contributed by atoms with Crippen molar-refractivity contribution in [3.63, 3.8) is 0 Å². The highest BCUT2D eigenvalue weighted by Crippen LogP contribution is 2.79. The second-order valence-corrected chi connectivity index (χ2v) is 20.3. The highest BCUT2D eigenvalue weighted by molar-refractivity contribution is 6.06. The van der Waals surface area contributed by atoms with Crippen LogP contribution in [0.1, 0.15) is 67.2 Å². The number of aliphatic hydroxyl groups is 4. The summed E-state index contributed by atoms with van der Waals surface area (Å²) in [5, 5.41) is 45.7. The summed E-state index contributed by atoms with van der Waals surface area (Å²) >= 11 is 0. The maximum atomic E-state index is 13.9. The number of rotatable bonds is 0. The Morgan fingerprint density at radius 3 is 1.75 bits per heavy atom. The molecule has 5 saturated heterocycles. The summed E-state index contributed by atoms with van der Waals surface area (Å²) in [7, 11) is 0. The van der Waals surface area contributed by atoms with E-state index >= 15 is 0 Å². The first-order valence-corrected chi connectivity index (χ1v) is 19.9. The summed E-state index contributed by atoms with van der Waals surface area (Å²) in [6.45, 7) is 19.3. The first kappa shape index (κ1) is 36.6. The van der Waals surface area contributed by atoms with Crippen LogP contribution in [0.4, 0.5) is 0 Å². The van der Waals surface area contributed by atoms with Gasteiger partial charge in [0, 0.05) is 45.3 Å². The molecular weight excluding hydrogens is 708 g/mol. The lowest BCUT2D eigenvalue weighted by molar-refractivity contribution is -0.522. The monoisotopic (exact) mass is 760 g/mol. The van der Waals surface area contributed by atoms with Gasteiger partial charge in [-0.3, -0.25) is 19.2 Å². The zero-order chi connectivity index (χ0) is 39.6. The molecule has 0 unspecified atom stereocenters. The maximum absolute atomic E-state index is 13.9. The molecule has 5 aliphatic heterocycles. The van der Waals surface area contributed by atoms with Crippen molar-refractivity contribution in [3.8, 4) is 0 Å². The third-order valence-corrected chi connectivity index (χ3v) is 17.4. The highest BCUT2D eigenvalue weighted by atomic mass is 16.8. The Balaban J connectivity index is 0.000000136. The van der Waals surface area contributed by atoms with Gasteiger partial charge < -0.3 is 39.4 Å². The van der Waals surface area contributed by atoms with E-state index in [4.69, 9.17) is 18.9 Å². The van der Waals surface area contributed by atoms with Crippen LogP contribution in [-0.4, -0.2) is 98.6 Å². The number of hydrogen-bond acceptors (Lipinski definition) is 12. The minimum absolute atomic E-state index is 0.0103.